The number of carbonyl (C=O) groups is 1. The molecule has 2 rings (SSSR count). The molecule has 1 fully saturated rings. The second kappa shape index (κ2) is 7.06. The van der Waals surface area contributed by atoms with Crippen molar-refractivity contribution in [2.45, 2.75) is 44.7 Å². The number of hydrogen-bond donors (Lipinski definition) is 2. The average Bonchev–Trinajstić information content (AvgIpc) is 2.76. The van der Waals surface area contributed by atoms with E-state index in [4.69, 9.17) is 5.26 Å². The number of hydrogen-bond acceptors (Lipinski definition) is 3. The van der Waals surface area contributed by atoms with Crippen molar-refractivity contribution >= 4 is 5.91 Å². The summed E-state index contributed by atoms with van der Waals surface area (Å²) in [6.07, 6.45) is 4.36. The molecule has 1 amide bonds. The number of nitriles is 1. The third-order valence-corrected chi connectivity index (χ3v) is 3.78. The summed E-state index contributed by atoms with van der Waals surface area (Å²) in [7, 11) is 0. The molecule has 1 saturated heterocycles. The van der Waals surface area contributed by atoms with Crippen LogP contribution >= 0.6 is 0 Å². The average molecular weight is 271 g/mol. The fourth-order valence-corrected chi connectivity index (χ4v) is 2.50. The zero-order valence-corrected chi connectivity index (χ0v) is 11.9. The zero-order valence-electron chi connectivity index (χ0n) is 11.9. The number of rotatable bonds is 3. The molecule has 0 bridgehead atoms. The van der Waals surface area contributed by atoms with Gasteiger partial charge in [-0.3, -0.25) is 4.79 Å². The lowest BCUT2D eigenvalue weighted by atomic mass is 10.1. The standard InChI is InChI=1S/C16H21N3O/c1-12(14-8-6-13(11-17)7-9-14)19-16(20)15-5-3-2-4-10-18-15/h6-9,12,15,18H,2-5,10H2,1H3,(H,19,20). The molecule has 1 aliphatic heterocycles. The van der Waals surface area contributed by atoms with E-state index in [-0.39, 0.29) is 18.0 Å². The van der Waals surface area contributed by atoms with Crippen LogP contribution in [0.4, 0.5) is 0 Å². The molecule has 0 saturated carbocycles. The molecule has 2 unspecified atom stereocenters. The Kier molecular flexibility index (Phi) is 5.14. The van der Waals surface area contributed by atoms with Crippen LogP contribution in [0.3, 0.4) is 0 Å². The van der Waals surface area contributed by atoms with Crippen molar-refractivity contribution in [2.24, 2.45) is 0 Å². The quantitative estimate of drug-likeness (QED) is 0.886. The van der Waals surface area contributed by atoms with Crippen molar-refractivity contribution in [3.05, 3.63) is 35.4 Å². The molecule has 20 heavy (non-hydrogen) atoms. The Morgan fingerprint density at radius 2 is 2.10 bits per heavy atom. The first-order valence-electron chi connectivity index (χ1n) is 7.24. The van der Waals surface area contributed by atoms with Gasteiger partial charge in [0.1, 0.15) is 0 Å². The number of nitrogens with one attached hydrogen (secondary N) is 2. The second-order valence-corrected chi connectivity index (χ2v) is 5.32. The van der Waals surface area contributed by atoms with Crippen LogP contribution in [0.1, 0.15) is 49.8 Å². The van der Waals surface area contributed by atoms with Gasteiger partial charge in [0.15, 0.2) is 0 Å². The van der Waals surface area contributed by atoms with Gasteiger partial charge in [-0.05, 0) is 44.0 Å². The van der Waals surface area contributed by atoms with Gasteiger partial charge >= 0.3 is 0 Å². The molecule has 2 N–H and O–H groups in total. The molecule has 0 radical (unpaired) electrons. The van der Waals surface area contributed by atoms with Gasteiger partial charge in [0, 0.05) is 0 Å². The predicted molar refractivity (Wildman–Crippen MR) is 78.0 cm³/mol. The maximum absolute atomic E-state index is 12.2. The first-order valence-corrected chi connectivity index (χ1v) is 7.24. The fraction of sp³-hybridized carbons (Fsp3) is 0.500. The van der Waals surface area contributed by atoms with Gasteiger partial charge in [-0.25, -0.2) is 0 Å². The molecular formula is C16H21N3O. The smallest absolute Gasteiger partial charge is 0.237 e. The lowest BCUT2D eigenvalue weighted by molar-refractivity contribution is -0.123. The number of benzene rings is 1. The van der Waals surface area contributed by atoms with Gasteiger partial charge in [-0.15, -0.1) is 0 Å². The molecule has 4 nitrogen and oxygen atoms in total. The molecule has 0 aromatic heterocycles. The number of nitrogens with zero attached hydrogens (tertiary/aromatic N) is 1. The topological polar surface area (TPSA) is 64.9 Å². The van der Waals surface area contributed by atoms with Crippen LogP contribution in [0.5, 0.6) is 0 Å². The van der Waals surface area contributed by atoms with E-state index in [2.05, 4.69) is 16.7 Å². The van der Waals surface area contributed by atoms with Gasteiger partial charge in [-0.1, -0.05) is 25.0 Å². The Morgan fingerprint density at radius 3 is 2.80 bits per heavy atom. The first kappa shape index (κ1) is 14.5. The monoisotopic (exact) mass is 271 g/mol. The molecule has 106 valence electrons. The number of carbonyl (C=O) groups excluding carboxylic acids is 1. The normalized spacial score (nSPS) is 20.5. The van der Waals surface area contributed by atoms with E-state index >= 15 is 0 Å². The SMILES string of the molecule is CC(NC(=O)C1CCCCCN1)c1ccc(C#N)cc1. The minimum atomic E-state index is -0.0710. The van der Waals surface area contributed by atoms with Crippen LogP contribution in [0.25, 0.3) is 0 Å². The van der Waals surface area contributed by atoms with Crippen molar-refractivity contribution in [3.63, 3.8) is 0 Å². The second-order valence-electron chi connectivity index (χ2n) is 5.32. The third-order valence-electron chi connectivity index (χ3n) is 3.78. The minimum absolute atomic E-state index is 0.0414. The van der Waals surface area contributed by atoms with Crippen molar-refractivity contribution in [2.75, 3.05) is 6.54 Å². The highest BCUT2D eigenvalue weighted by molar-refractivity contribution is 5.82. The Labute approximate surface area is 120 Å². The minimum Gasteiger partial charge on any atom is -0.348 e. The molecule has 1 aromatic rings. The van der Waals surface area contributed by atoms with Crippen LogP contribution in [0.2, 0.25) is 0 Å². The van der Waals surface area contributed by atoms with Crippen LogP contribution in [-0.4, -0.2) is 18.5 Å². The summed E-state index contributed by atoms with van der Waals surface area (Å²) >= 11 is 0. The summed E-state index contributed by atoms with van der Waals surface area (Å²) < 4.78 is 0. The highest BCUT2D eigenvalue weighted by Crippen LogP contribution is 2.15. The van der Waals surface area contributed by atoms with E-state index in [0.717, 1.165) is 31.4 Å². The molecule has 0 spiro atoms. The van der Waals surface area contributed by atoms with Gasteiger partial charge in [0.05, 0.1) is 23.7 Å². The van der Waals surface area contributed by atoms with Crippen molar-refractivity contribution < 1.29 is 4.79 Å². The molecular weight excluding hydrogens is 250 g/mol. The van der Waals surface area contributed by atoms with Gasteiger partial charge in [-0.2, -0.15) is 5.26 Å². The van der Waals surface area contributed by atoms with Gasteiger partial charge in [0.2, 0.25) is 5.91 Å². The summed E-state index contributed by atoms with van der Waals surface area (Å²) in [6, 6.07) is 9.33. The highest BCUT2D eigenvalue weighted by atomic mass is 16.2. The molecule has 4 heteroatoms. The van der Waals surface area contributed by atoms with Gasteiger partial charge in [0.25, 0.3) is 0 Å². The van der Waals surface area contributed by atoms with Crippen molar-refractivity contribution in [3.8, 4) is 6.07 Å². The summed E-state index contributed by atoms with van der Waals surface area (Å²) in [5, 5.41) is 15.1. The van der Waals surface area contributed by atoms with E-state index in [9.17, 15) is 4.79 Å². The Bertz CT molecular complexity index is 481. The summed E-state index contributed by atoms with van der Waals surface area (Å²) in [6.45, 7) is 2.89. The fourth-order valence-electron chi connectivity index (χ4n) is 2.50. The molecule has 1 aromatic carbocycles. The maximum atomic E-state index is 12.2. The van der Waals surface area contributed by atoms with E-state index in [0.29, 0.717) is 5.56 Å². The van der Waals surface area contributed by atoms with Gasteiger partial charge < -0.3 is 10.6 Å². The van der Waals surface area contributed by atoms with Crippen LogP contribution < -0.4 is 10.6 Å². The maximum Gasteiger partial charge on any atom is 0.237 e. The van der Waals surface area contributed by atoms with E-state index in [1.165, 1.54) is 6.42 Å². The Hall–Kier alpha value is -1.86. The Balaban J connectivity index is 1.93. The van der Waals surface area contributed by atoms with E-state index in [1.807, 2.05) is 19.1 Å². The molecule has 1 aliphatic rings. The van der Waals surface area contributed by atoms with Crippen molar-refractivity contribution in [1.29, 1.82) is 5.26 Å². The Morgan fingerprint density at radius 1 is 1.35 bits per heavy atom. The third kappa shape index (κ3) is 3.82. The predicted octanol–water partition coefficient (Wildman–Crippen LogP) is 2.27. The molecule has 0 aliphatic carbocycles. The lowest BCUT2D eigenvalue weighted by Crippen LogP contribution is -2.44. The van der Waals surface area contributed by atoms with Crippen LogP contribution in [0.15, 0.2) is 24.3 Å². The van der Waals surface area contributed by atoms with Crippen LogP contribution in [-0.2, 0) is 4.79 Å². The summed E-state index contributed by atoms with van der Waals surface area (Å²) in [5.74, 6) is 0.0729. The zero-order chi connectivity index (χ0) is 14.4. The summed E-state index contributed by atoms with van der Waals surface area (Å²) in [4.78, 5) is 12.2. The number of amides is 1. The molecule has 1 heterocycles. The lowest BCUT2D eigenvalue weighted by Gasteiger charge is -2.20. The van der Waals surface area contributed by atoms with Crippen molar-refractivity contribution in [1.82, 2.24) is 10.6 Å². The van der Waals surface area contributed by atoms with Crippen LogP contribution in [0, 0.1) is 11.3 Å². The largest absolute Gasteiger partial charge is 0.348 e. The molecule has 2 atom stereocenters. The first-order chi connectivity index (χ1) is 9.70. The highest BCUT2D eigenvalue weighted by Gasteiger charge is 2.21. The van der Waals surface area contributed by atoms with E-state index < -0.39 is 0 Å². The van der Waals surface area contributed by atoms with E-state index in [1.54, 1.807) is 12.1 Å². The summed E-state index contributed by atoms with van der Waals surface area (Å²) in [5.41, 5.74) is 1.66.